The van der Waals surface area contributed by atoms with Crippen LogP contribution in [0.3, 0.4) is 0 Å². The molecule has 57 heavy (non-hydrogen) atoms. The summed E-state index contributed by atoms with van der Waals surface area (Å²) in [6.45, 7) is 4.77. The minimum absolute atomic E-state index is 0.116. The molecule has 0 atom stereocenters. The largest absolute Gasteiger partial charge is 0.0616 e. The Balaban J connectivity index is 0.926. The van der Waals surface area contributed by atoms with Gasteiger partial charge >= 0.3 is 0 Å². The SMILES string of the molecule is CC1(C)c2cc(-c3ccc4cc(-c5cc6ccc7ccc8ccccc8c7c6c6ccccc56)ccc4c3)ccc2-c2ccc(-c3cccc4ccccc34)cc21. The van der Waals surface area contributed by atoms with E-state index in [1.54, 1.807) is 0 Å². The molecule has 11 aromatic carbocycles. The Labute approximate surface area is 332 Å². The number of fused-ring (bicyclic) bond motifs is 12. The molecular weight excluding hydrogens is 685 g/mol. The van der Waals surface area contributed by atoms with Crippen molar-refractivity contribution in [2.45, 2.75) is 19.3 Å². The zero-order chi connectivity index (χ0) is 37.8. The average molecular weight is 723 g/mol. The van der Waals surface area contributed by atoms with E-state index < -0.39 is 0 Å². The van der Waals surface area contributed by atoms with Gasteiger partial charge in [0.25, 0.3) is 0 Å². The van der Waals surface area contributed by atoms with Gasteiger partial charge in [-0.3, -0.25) is 0 Å². The third-order valence-electron chi connectivity index (χ3n) is 13.0. The molecule has 0 N–H and O–H groups in total. The fourth-order valence-corrected chi connectivity index (χ4v) is 10.1. The number of hydrogen-bond acceptors (Lipinski definition) is 0. The van der Waals surface area contributed by atoms with E-state index in [1.165, 1.54) is 120 Å². The zero-order valence-electron chi connectivity index (χ0n) is 32.0. The van der Waals surface area contributed by atoms with Crippen LogP contribution >= 0.6 is 0 Å². The van der Waals surface area contributed by atoms with Gasteiger partial charge in [0.2, 0.25) is 0 Å². The molecule has 1 aliphatic rings. The highest BCUT2D eigenvalue weighted by Gasteiger charge is 2.36. The van der Waals surface area contributed by atoms with E-state index in [4.69, 9.17) is 0 Å². The van der Waals surface area contributed by atoms with E-state index in [2.05, 4.69) is 208 Å². The fourth-order valence-electron chi connectivity index (χ4n) is 10.1. The Hall–Kier alpha value is -7.02. The van der Waals surface area contributed by atoms with Gasteiger partial charge in [0.05, 0.1) is 0 Å². The molecule has 0 unspecified atom stereocenters. The molecule has 0 fully saturated rings. The molecule has 12 rings (SSSR count). The summed E-state index contributed by atoms with van der Waals surface area (Å²) in [4.78, 5) is 0. The Morgan fingerprint density at radius 3 is 1.51 bits per heavy atom. The predicted octanol–water partition coefficient (Wildman–Crippen LogP) is 15.9. The molecule has 11 aromatic rings. The summed E-state index contributed by atoms with van der Waals surface area (Å²) in [7, 11) is 0. The lowest BCUT2D eigenvalue weighted by atomic mass is 9.80. The number of rotatable bonds is 3. The smallest absolute Gasteiger partial charge is 0.0159 e. The maximum Gasteiger partial charge on any atom is 0.0159 e. The molecule has 0 aromatic heterocycles. The lowest BCUT2D eigenvalue weighted by molar-refractivity contribution is 0.661. The van der Waals surface area contributed by atoms with Crippen LogP contribution in [0, 0.1) is 0 Å². The van der Waals surface area contributed by atoms with Gasteiger partial charge in [-0.25, -0.2) is 0 Å². The molecule has 0 spiro atoms. The predicted molar refractivity (Wildman–Crippen MR) is 245 cm³/mol. The molecule has 0 nitrogen and oxygen atoms in total. The van der Waals surface area contributed by atoms with Crippen molar-refractivity contribution >= 4 is 64.6 Å². The minimum atomic E-state index is -0.116. The van der Waals surface area contributed by atoms with E-state index in [0.29, 0.717) is 0 Å². The summed E-state index contributed by atoms with van der Waals surface area (Å²) in [5.41, 5.74) is 13.0. The summed E-state index contributed by atoms with van der Waals surface area (Å²) in [5, 5.41) is 15.5. The summed E-state index contributed by atoms with van der Waals surface area (Å²) in [6, 6.07) is 72.7. The maximum atomic E-state index is 2.44. The van der Waals surface area contributed by atoms with Crippen molar-refractivity contribution in [3.8, 4) is 44.5 Å². The monoisotopic (exact) mass is 722 g/mol. The molecule has 0 saturated carbocycles. The van der Waals surface area contributed by atoms with Crippen LogP contribution in [-0.4, -0.2) is 0 Å². The third-order valence-corrected chi connectivity index (χ3v) is 13.0. The van der Waals surface area contributed by atoms with E-state index in [1.807, 2.05) is 0 Å². The van der Waals surface area contributed by atoms with Gasteiger partial charge in [0.1, 0.15) is 0 Å². The molecule has 0 aliphatic heterocycles. The first kappa shape index (κ1) is 32.2. The van der Waals surface area contributed by atoms with Crippen LogP contribution in [0.5, 0.6) is 0 Å². The van der Waals surface area contributed by atoms with Gasteiger partial charge in [-0.2, -0.15) is 0 Å². The molecule has 0 amide bonds. The van der Waals surface area contributed by atoms with Crippen LogP contribution in [0.25, 0.3) is 109 Å². The lowest BCUT2D eigenvalue weighted by Crippen LogP contribution is -2.15. The number of hydrogen-bond donors (Lipinski definition) is 0. The Morgan fingerprint density at radius 1 is 0.263 bits per heavy atom. The molecule has 0 bridgehead atoms. The van der Waals surface area contributed by atoms with Crippen molar-refractivity contribution in [1.29, 1.82) is 0 Å². The van der Waals surface area contributed by atoms with Gasteiger partial charge in [0, 0.05) is 5.41 Å². The first-order chi connectivity index (χ1) is 28.0. The molecule has 0 saturated heterocycles. The fraction of sp³-hybridized carbons (Fsp3) is 0.0526. The van der Waals surface area contributed by atoms with Crippen LogP contribution in [0.2, 0.25) is 0 Å². The van der Waals surface area contributed by atoms with Crippen LogP contribution < -0.4 is 0 Å². The van der Waals surface area contributed by atoms with Crippen molar-refractivity contribution in [1.82, 2.24) is 0 Å². The quantitative estimate of drug-likeness (QED) is 0.159. The molecule has 0 radical (unpaired) electrons. The Morgan fingerprint density at radius 2 is 0.737 bits per heavy atom. The third kappa shape index (κ3) is 4.81. The van der Waals surface area contributed by atoms with Gasteiger partial charge < -0.3 is 0 Å². The van der Waals surface area contributed by atoms with Gasteiger partial charge in [0.15, 0.2) is 0 Å². The molecular formula is C57H38. The highest BCUT2D eigenvalue weighted by molar-refractivity contribution is 6.29. The topological polar surface area (TPSA) is 0 Å². The van der Waals surface area contributed by atoms with Gasteiger partial charge in [-0.15, -0.1) is 0 Å². The number of benzene rings is 11. The summed E-state index contributed by atoms with van der Waals surface area (Å²) < 4.78 is 0. The highest BCUT2D eigenvalue weighted by atomic mass is 14.4. The Kier molecular flexibility index (Phi) is 6.78. The normalized spacial score (nSPS) is 13.2. The molecule has 0 heteroatoms. The Bertz CT molecular complexity index is 3480. The van der Waals surface area contributed by atoms with Crippen molar-refractivity contribution in [3.05, 3.63) is 205 Å². The first-order valence-electron chi connectivity index (χ1n) is 20.1. The summed E-state index contributed by atoms with van der Waals surface area (Å²) in [5.74, 6) is 0. The summed E-state index contributed by atoms with van der Waals surface area (Å²) in [6.07, 6.45) is 0. The van der Waals surface area contributed by atoms with E-state index in [9.17, 15) is 0 Å². The highest BCUT2D eigenvalue weighted by Crippen LogP contribution is 2.51. The second kappa shape index (κ2) is 12.0. The van der Waals surface area contributed by atoms with Crippen LogP contribution in [0.1, 0.15) is 25.0 Å². The van der Waals surface area contributed by atoms with Crippen LogP contribution in [0.15, 0.2) is 194 Å². The average Bonchev–Trinajstić information content (AvgIpc) is 3.49. The van der Waals surface area contributed by atoms with Crippen molar-refractivity contribution in [3.63, 3.8) is 0 Å². The van der Waals surface area contributed by atoms with E-state index >= 15 is 0 Å². The van der Waals surface area contributed by atoms with Crippen molar-refractivity contribution < 1.29 is 0 Å². The van der Waals surface area contributed by atoms with Crippen molar-refractivity contribution in [2.24, 2.45) is 0 Å². The molecule has 1 aliphatic carbocycles. The van der Waals surface area contributed by atoms with Crippen LogP contribution in [0.4, 0.5) is 0 Å². The van der Waals surface area contributed by atoms with E-state index in [0.717, 1.165) is 0 Å². The van der Waals surface area contributed by atoms with Gasteiger partial charge in [-0.1, -0.05) is 178 Å². The minimum Gasteiger partial charge on any atom is -0.0616 e. The molecule has 266 valence electrons. The van der Waals surface area contributed by atoms with Crippen molar-refractivity contribution in [2.75, 3.05) is 0 Å². The summed E-state index contributed by atoms with van der Waals surface area (Å²) >= 11 is 0. The lowest BCUT2D eigenvalue weighted by Gasteiger charge is -2.23. The standard InChI is InChI=1S/C57H38/c1-57(2)53-33-41(26-28-49(53)50-29-27-43(34-54(50)57)46-17-9-12-35-10-3-5-13-45(35)46)39-21-22-40-31-42(24-23-38(40)30-39)52-32-44-25-20-37-19-18-36-11-4-6-14-47(36)55(37)56(44)51-16-8-7-15-48(51)52/h3-34H,1-2H3. The van der Waals surface area contributed by atoms with E-state index in [-0.39, 0.29) is 5.41 Å². The second-order valence-corrected chi connectivity index (χ2v) is 16.5. The first-order valence-corrected chi connectivity index (χ1v) is 20.1. The second-order valence-electron chi connectivity index (χ2n) is 16.5. The van der Waals surface area contributed by atoms with Gasteiger partial charge in [-0.05, 0) is 151 Å². The zero-order valence-corrected chi connectivity index (χ0v) is 32.0. The van der Waals surface area contributed by atoms with Crippen LogP contribution in [-0.2, 0) is 5.41 Å². The molecule has 0 heterocycles. The maximum absolute atomic E-state index is 2.44.